The van der Waals surface area contributed by atoms with Gasteiger partial charge in [-0.05, 0) is 75.0 Å². The van der Waals surface area contributed by atoms with Crippen LogP contribution in [-0.4, -0.2) is 26.3 Å². The molecule has 43 heavy (non-hydrogen) atoms. The molecule has 1 unspecified atom stereocenters. The average Bonchev–Trinajstić information content (AvgIpc) is 3.35. The van der Waals surface area contributed by atoms with E-state index in [0.29, 0.717) is 19.1 Å². The molecule has 0 heterocycles. The van der Waals surface area contributed by atoms with Gasteiger partial charge >= 0.3 is 0 Å². The Kier molecular flexibility index (Phi) is 8.69. The monoisotopic (exact) mass is 563 g/mol. The molecule has 0 aromatic heterocycles. The summed E-state index contributed by atoms with van der Waals surface area (Å²) in [5.74, 6) is 0.545. The summed E-state index contributed by atoms with van der Waals surface area (Å²) in [4.78, 5) is 0. The highest BCUT2D eigenvalue weighted by molar-refractivity contribution is 6.12. The second-order valence-corrected chi connectivity index (χ2v) is 11.9. The maximum absolute atomic E-state index is 6.46. The zero-order valence-electron chi connectivity index (χ0n) is 25.5. The largest absolute Gasteiger partial charge is 0.380 e. The minimum absolute atomic E-state index is 0.383. The Hall–Kier alpha value is -4.24. The molecular weight excluding hydrogens is 522 g/mol. The Morgan fingerprint density at radius 1 is 0.605 bits per heavy atom. The predicted molar refractivity (Wildman–Crippen MR) is 182 cm³/mol. The Morgan fingerprint density at radius 2 is 1.14 bits per heavy atom. The molecule has 0 bridgehead atoms. The second-order valence-electron chi connectivity index (χ2n) is 11.9. The van der Waals surface area contributed by atoms with Gasteiger partial charge in [0.1, 0.15) is 0 Å². The van der Waals surface area contributed by atoms with E-state index < -0.39 is 0 Å². The van der Waals surface area contributed by atoms with E-state index >= 15 is 0 Å². The third-order valence-electron chi connectivity index (χ3n) is 8.50. The summed E-state index contributed by atoms with van der Waals surface area (Å²) in [6.45, 7) is 9.64. The second kappa shape index (κ2) is 13.0. The molecule has 2 heteroatoms. The molecule has 0 radical (unpaired) electrons. The molecule has 1 aliphatic rings. The Balaban J connectivity index is 1.77. The van der Waals surface area contributed by atoms with Gasteiger partial charge in [-0.25, -0.2) is 0 Å². The molecule has 1 aliphatic carbocycles. The maximum atomic E-state index is 6.46. The van der Waals surface area contributed by atoms with Gasteiger partial charge in [0.05, 0.1) is 12.0 Å². The average molecular weight is 564 g/mol. The SMILES string of the molecule is CCOCC1(CNCC(C)C)C(c2ccccc2)=C(c2ccccc2)c2c1ccc(-c1ccccc1)c2-c1ccccc1. The Labute approximate surface area is 257 Å². The van der Waals surface area contributed by atoms with E-state index in [4.69, 9.17) is 4.74 Å². The number of rotatable bonds is 11. The molecule has 0 saturated carbocycles. The molecule has 2 nitrogen and oxygen atoms in total. The number of hydrogen-bond acceptors (Lipinski definition) is 2. The molecule has 5 aromatic carbocycles. The third-order valence-corrected chi connectivity index (χ3v) is 8.50. The van der Waals surface area contributed by atoms with Crippen LogP contribution in [0.25, 0.3) is 33.4 Å². The van der Waals surface area contributed by atoms with Gasteiger partial charge < -0.3 is 10.1 Å². The van der Waals surface area contributed by atoms with Gasteiger partial charge in [0.25, 0.3) is 0 Å². The smallest absolute Gasteiger partial charge is 0.0616 e. The van der Waals surface area contributed by atoms with Crippen molar-refractivity contribution in [2.45, 2.75) is 26.2 Å². The first kappa shape index (κ1) is 28.9. The molecule has 0 saturated heterocycles. The van der Waals surface area contributed by atoms with Crippen molar-refractivity contribution >= 4 is 11.1 Å². The maximum Gasteiger partial charge on any atom is 0.0616 e. The number of hydrogen-bond donors (Lipinski definition) is 1. The minimum Gasteiger partial charge on any atom is -0.380 e. The fourth-order valence-corrected chi connectivity index (χ4v) is 6.68. The lowest BCUT2D eigenvalue weighted by molar-refractivity contribution is 0.112. The van der Waals surface area contributed by atoms with Gasteiger partial charge in [-0.3, -0.25) is 0 Å². The summed E-state index contributed by atoms with van der Waals surface area (Å²) >= 11 is 0. The van der Waals surface area contributed by atoms with Crippen molar-refractivity contribution in [3.63, 3.8) is 0 Å². The quantitative estimate of drug-likeness (QED) is 0.173. The number of nitrogens with one attached hydrogen (secondary N) is 1. The molecule has 1 atom stereocenters. The van der Waals surface area contributed by atoms with E-state index in [1.807, 2.05) is 0 Å². The predicted octanol–water partition coefficient (Wildman–Crippen LogP) is 9.51. The van der Waals surface area contributed by atoms with Crippen LogP contribution in [0.4, 0.5) is 0 Å². The highest BCUT2D eigenvalue weighted by Crippen LogP contribution is 2.57. The van der Waals surface area contributed by atoms with Crippen LogP contribution >= 0.6 is 0 Å². The van der Waals surface area contributed by atoms with Crippen LogP contribution in [0, 0.1) is 5.92 Å². The van der Waals surface area contributed by atoms with Crippen LogP contribution in [-0.2, 0) is 10.2 Å². The Morgan fingerprint density at radius 3 is 1.70 bits per heavy atom. The van der Waals surface area contributed by atoms with Crippen LogP contribution in [0.5, 0.6) is 0 Å². The molecule has 0 spiro atoms. The van der Waals surface area contributed by atoms with E-state index in [-0.39, 0.29) is 5.41 Å². The first-order valence-electron chi connectivity index (χ1n) is 15.6. The first-order valence-corrected chi connectivity index (χ1v) is 15.6. The molecule has 0 aliphatic heterocycles. The summed E-state index contributed by atoms with van der Waals surface area (Å²) in [7, 11) is 0. The lowest BCUT2D eigenvalue weighted by atomic mass is 9.74. The van der Waals surface area contributed by atoms with Gasteiger partial charge in [-0.15, -0.1) is 0 Å². The number of ether oxygens (including phenoxy) is 1. The van der Waals surface area contributed by atoms with E-state index in [1.54, 1.807) is 0 Å². The van der Waals surface area contributed by atoms with Crippen molar-refractivity contribution in [1.82, 2.24) is 5.32 Å². The molecule has 216 valence electrons. The molecule has 6 rings (SSSR count). The van der Waals surface area contributed by atoms with E-state index in [2.05, 4.69) is 160 Å². The summed E-state index contributed by atoms with van der Waals surface area (Å²) in [5, 5.41) is 3.88. The topological polar surface area (TPSA) is 21.3 Å². The van der Waals surface area contributed by atoms with E-state index in [1.165, 1.54) is 55.7 Å². The highest BCUT2D eigenvalue weighted by Gasteiger charge is 2.47. The fourth-order valence-electron chi connectivity index (χ4n) is 6.68. The lowest BCUT2D eigenvalue weighted by Gasteiger charge is -2.35. The fraction of sp³-hybridized carbons (Fsp3) is 0.220. The van der Waals surface area contributed by atoms with Crippen molar-refractivity contribution in [3.8, 4) is 22.3 Å². The summed E-state index contributed by atoms with van der Waals surface area (Å²) < 4.78 is 6.46. The van der Waals surface area contributed by atoms with Crippen LogP contribution in [0.1, 0.15) is 43.0 Å². The highest BCUT2D eigenvalue weighted by atomic mass is 16.5. The summed E-state index contributed by atoms with van der Waals surface area (Å²) in [6.07, 6.45) is 0. The van der Waals surface area contributed by atoms with Gasteiger partial charge in [-0.2, -0.15) is 0 Å². The van der Waals surface area contributed by atoms with Crippen molar-refractivity contribution in [2.75, 3.05) is 26.3 Å². The molecule has 0 fully saturated rings. The van der Waals surface area contributed by atoms with Crippen LogP contribution < -0.4 is 5.32 Å². The normalized spacial score (nSPS) is 16.1. The van der Waals surface area contributed by atoms with Gasteiger partial charge in [0, 0.05) is 13.2 Å². The third kappa shape index (κ3) is 5.61. The van der Waals surface area contributed by atoms with Crippen LogP contribution in [0.2, 0.25) is 0 Å². The van der Waals surface area contributed by atoms with Crippen LogP contribution in [0.15, 0.2) is 133 Å². The van der Waals surface area contributed by atoms with Crippen molar-refractivity contribution in [1.29, 1.82) is 0 Å². The first-order chi connectivity index (χ1) is 21.1. The van der Waals surface area contributed by atoms with E-state index in [9.17, 15) is 0 Å². The molecular formula is C41H41NO. The zero-order chi connectivity index (χ0) is 29.6. The van der Waals surface area contributed by atoms with Crippen molar-refractivity contribution in [2.24, 2.45) is 5.92 Å². The van der Waals surface area contributed by atoms with Crippen LogP contribution in [0.3, 0.4) is 0 Å². The number of benzene rings is 5. The standard InChI is InChI=1S/C41H41NO/c1-4-43-29-41(28-42-27-30(2)3)36-26-25-35(31-17-9-5-10-18-31)37(32-19-11-6-12-20-32)39(36)38(33-21-13-7-14-22-33)40(41)34-23-15-8-16-24-34/h5-26,30,42H,4,27-29H2,1-3H3. The summed E-state index contributed by atoms with van der Waals surface area (Å²) in [5.41, 5.74) is 12.3. The minimum atomic E-state index is -0.383. The van der Waals surface area contributed by atoms with Gasteiger partial charge in [-0.1, -0.05) is 147 Å². The van der Waals surface area contributed by atoms with Crippen molar-refractivity contribution in [3.05, 3.63) is 156 Å². The van der Waals surface area contributed by atoms with Gasteiger partial charge in [0.2, 0.25) is 0 Å². The molecule has 5 aromatic rings. The zero-order valence-corrected chi connectivity index (χ0v) is 25.5. The molecule has 1 N–H and O–H groups in total. The lowest BCUT2D eigenvalue weighted by Crippen LogP contribution is -2.43. The van der Waals surface area contributed by atoms with Gasteiger partial charge in [0.15, 0.2) is 0 Å². The summed E-state index contributed by atoms with van der Waals surface area (Å²) in [6, 6.07) is 48.4. The molecule has 0 amide bonds. The van der Waals surface area contributed by atoms with E-state index in [0.717, 1.165) is 13.1 Å². The Bertz CT molecular complexity index is 1670. The number of fused-ring (bicyclic) bond motifs is 1. The van der Waals surface area contributed by atoms with Crippen molar-refractivity contribution < 1.29 is 4.74 Å².